The summed E-state index contributed by atoms with van der Waals surface area (Å²) in [5.41, 5.74) is 2.17. The minimum atomic E-state index is -0.620. The number of aromatic nitrogens is 1. The summed E-state index contributed by atoms with van der Waals surface area (Å²) in [6, 6.07) is 21.0. The third-order valence-electron chi connectivity index (χ3n) is 3.83. The molecule has 3 aromatic rings. The maximum absolute atomic E-state index is 12.6. The Hall–Kier alpha value is -3.47. The predicted molar refractivity (Wildman–Crippen MR) is 95.7 cm³/mol. The van der Waals surface area contributed by atoms with Crippen molar-refractivity contribution < 1.29 is 19.1 Å². The van der Waals surface area contributed by atoms with Crippen molar-refractivity contribution in [3.63, 3.8) is 0 Å². The molecule has 0 radical (unpaired) electrons. The van der Waals surface area contributed by atoms with Crippen LogP contribution in [0.2, 0.25) is 0 Å². The summed E-state index contributed by atoms with van der Waals surface area (Å²) in [4.78, 5) is 28.4. The van der Waals surface area contributed by atoms with Crippen LogP contribution in [0.4, 0.5) is 0 Å². The van der Waals surface area contributed by atoms with E-state index in [0.29, 0.717) is 16.8 Å². The Morgan fingerprint density at radius 3 is 2.00 bits per heavy atom. The maximum Gasteiger partial charge on any atom is 0.339 e. The second kappa shape index (κ2) is 8.07. The van der Waals surface area contributed by atoms with Gasteiger partial charge >= 0.3 is 11.9 Å². The first-order valence-electron chi connectivity index (χ1n) is 8.04. The van der Waals surface area contributed by atoms with Crippen molar-refractivity contribution in [2.75, 3.05) is 7.11 Å². The van der Waals surface area contributed by atoms with Gasteiger partial charge in [-0.2, -0.15) is 0 Å². The van der Waals surface area contributed by atoms with Gasteiger partial charge in [0.2, 0.25) is 0 Å². The molecule has 0 aliphatic carbocycles. The van der Waals surface area contributed by atoms with Crippen LogP contribution >= 0.6 is 0 Å². The molecule has 0 saturated heterocycles. The fourth-order valence-corrected chi connectivity index (χ4v) is 2.49. The van der Waals surface area contributed by atoms with E-state index in [1.165, 1.54) is 31.4 Å². The highest BCUT2D eigenvalue weighted by Crippen LogP contribution is 2.25. The Morgan fingerprint density at radius 2 is 1.42 bits per heavy atom. The number of esters is 2. The summed E-state index contributed by atoms with van der Waals surface area (Å²) >= 11 is 0. The van der Waals surface area contributed by atoms with Crippen LogP contribution in [-0.4, -0.2) is 24.0 Å². The molecule has 0 N–H and O–H groups in total. The molecular formula is C21H17NO4. The number of benzene rings is 2. The minimum absolute atomic E-state index is 0.342. The van der Waals surface area contributed by atoms with Gasteiger partial charge in [0.15, 0.2) is 6.10 Å². The van der Waals surface area contributed by atoms with Gasteiger partial charge < -0.3 is 9.47 Å². The lowest BCUT2D eigenvalue weighted by Crippen LogP contribution is -2.14. The number of rotatable bonds is 5. The van der Waals surface area contributed by atoms with Gasteiger partial charge in [0, 0.05) is 6.20 Å². The third-order valence-corrected chi connectivity index (χ3v) is 3.83. The van der Waals surface area contributed by atoms with Crippen molar-refractivity contribution in [3.05, 3.63) is 101 Å². The molecule has 0 aliphatic rings. The van der Waals surface area contributed by atoms with Gasteiger partial charge in [-0.25, -0.2) is 9.59 Å². The van der Waals surface area contributed by atoms with Crippen molar-refractivity contribution >= 4 is 11.9 Å². The molecule has 0 spiro atoms. The molecule has 0 aliphatic heterocycles. The molecule has 5 nitrogen and oxygen atoms in total. The van der Waals surface area contributed by atoms with Gasteiger partial charge in [0.25, 0.3) is 0 Å². The van der Waals surface area contributed by atoms with E-state index in [-0.39, 0.29) is 0 Å². The molecule has 0 saturated carbocycles. The molecule has 1 atom stereocenters. The van der Waals surface area contributed by atoms with E-state index < -0.39 is 18.0 Å². The van der Waals surface area contributed by atoms with E-state index in [4.69, 9.17) is 4.74 Å². The molecule has 0 fully saturated rings. The molecule has 1 aromatic heterocycles. The van der Waals surface area contributed by atoms with E-state index >= 15 is 0 Å². The second-order valence-corrected chi connectivity index (χ2v) is 5.52. The number of methoxy groups -OCH3 is 1. The van der Waals surface area contributed by atoms with Gasteiger partial charge in [-0.3, -0.25) is 4.98 Å². The van der Waals surface area contributed by atoms with Gasteiger partial charge in [0.1, 0.15) is 0 Å². The Bertz CT molecular complexity index is 837. The average molecular weight is 347 g/mol. The lowest BCUT2D eigenvalue weighted by Gasteiger charge is -2.18. The van der Waals surface area contributed by atoms with Crippen LogP contribution in [-0.2, 0) is 9.47 Å². The Balaban J connectivity index is 1.85. The van der Waals surface area contributed by atoms with Crippen LogP contribution in [0.5, 0.6) is 0 Å². The number of pyridine rings is 1. The highest BCUT2D eigenvalue weighted by atomic mass is 16.5. The zero-order valence-corrected chi connectivity index (χ0v) is 14.2. The summed E-state index contributed by atoms with van der Waals surface area (Å²) in [5.74, 6) is -0.957. The number of ether oxygens (including phenoxy) is 2. The molecule has 1 unspecified atom stereocenters. The zero-order valence-electron chi connectivity index (χ0n) is 14.2. The number of carbonyl (C=O) groups excluding carboxylic acids is 2. The maximum atomic E-state index is 12.6. The van der Waals surface area contributed by atoms with E-state index in [9.17, 15) is 9.59 Å². The molecule has 0 amide bonds. The Labute approximate surface area is 151 Å². The van der Waals surface area contributed by atoms with Crippen LogP contribution in [0, 0.1) is 0 Å². The van der Waals surface area contributed by atoms with Crippen molar-refractivity contribution in [1.29, 1.82) is 0 Å². The summed E-state index contributed by atoms with van der Waals surface area (Å²) < 4.78 is 10.4. The monoisotopic (exact) mass is 347 g/mol. The Kier molecular flexibility index (Phi) is 5.39. The quantitative estimate of drug-likeness (QED) is 0.657. The SMILES string of the molecule is COC(=O)c1ccc(C(=O)OC(c2ccccc2)c2ccccn2)cc1. The standard InChI is InChI=1S/C21H17NO4/c1-25-20(23)16-10-12-17(13-11-16)21(24)26-19(15-7-3-2-4-8-15)18-9-5-6-14-22-18/h2-14,19H,1H3. The first kappa shape index (κ1) is 17.4. The summed E-state index contributed by atoms with van der Waals surface area (Å²) in [6.07, 6.45) is 1.04. The summed E-state index contributed by atoms with van der Waals surface area (Å²) in [7, 11) is 1.31. The Morgan fingerprint density at radius 1 is 0.808 bits per heavy atom. The van der Waals surface area contributed by atoms with Crippen molar-refractivity contribution in [2.24, 2.45) is 0 Å². The van der Waals surface area contributed by atoms with Crippen molar-refractivity contribution in [2.45, 2.75) is 6.10 Å². The molecule has 130 valence electrons. The van der Waals surface area contributed by atoms with Crippen molar-refractivity contribution in [1.82, 2.24) is 4.98 Å². The average Bonchev–Trinajstić information content (AvgIpc) is 2.72. The fourth-order valence-electron chi connectivity index (χ4n) is 2.49. The van der Waals surface area contributed by atoms with E-state index in [0.717, 1.165) is 5.56 Å². The van der Waals surface area contributed by atoms with E-state index in [1.54, 1.807) is 12.3 Å². The lowest BCUT2D eigenvalue weighted by atomic mass is 10.1. The van der Waals surface area contributed by atoms with Crippen LogP contribution in [0.25, 0.3) is 0 Å². The molecule has 0 bridgehead atoms. The first-order chi connectivity index (χ1) is 12.7. The molecule has 3 rings (SSSR count). The first-order valence-corrected chi connectivity index (χ1v) is 8.04. The fraction of sp³-hybridized carbons (Fsp3) is 0.0952. The number of carbonyl (C=O) groups is 2. The molecule has 5 heteroatoms. The van der Waals surface area contributed by atoms with Gasteiger partial charge in [-0.05, 0) is 42.0 Å². The van der Waals surface area contributed by atoms with Crippen LogP contribution < -0.4 is 0 Å². The highest BCUT2D eigenvalue weighted by Gasteiger charge is 2.21. The predicted octanol–water partition coefficient (Wildman–Crippen LogP) is 3.81. The summed E-state index contributed by atoms with van der Waals surface area (Å²) in [6.45, 7) is 0. The minimum Gasteiger partial charge on any atom is -0.465 e. The highest BCUT2D eigenvalue weighted by molar-refractivity contribution is 5.93. The van der Waals surface area contributed by atoms with Crippen molar-refractivity contribution in [3.8, 4) is 0 Å². The largest absolute Gasteiger partial charge is 0.465 e. The van der Waals surface area contributed by atoms with Gasteiger partial charge in [0.05, 0.1) is 23.9 Å². The molecule has 2 aromatic carbocycles. The molecule has 26 heavy (non-hydrogen) atoms. The molecular weight excluding hydrogens is 330 g/mol. The van der Waals surface area contributed by atoms with E-state index in [1.807, 2.05) is 42.5 Å². The summed E-state index contributed by atoms with van der Waals surface area (Å²) in [5, 5.41) is 0. The number of nitrogens with zero attached hydrogens (tertiary/aromatic N) is 1. The normalized spacial score (nSPS) is 11.4. The number of hydrogen-bond acceptors (Lipinski definition) is 5. The smallest absolute Gasteiger partial charge is 0.339 e. The van der Waals surface area contributed by atoms with Gasteiger partial charge in [-0.15, -0.1) is 0 Å². The van der Waals surface area contributed by atoms with Crippen LogP contribution in [0.3, 0.4) is 0 Å². The topological polar surface area (TPSA) is 65.5 Å². The van der Waals surface area contributed by atoms with Gasteiger partial charge in [-0.1, -0.05) is 36.4 Å². The molecule has 1 heterocycles. The lowest BCUT2D eigenvalue weighted by molar-refractivity contribution is 0.0370. The zero-order chi connectivity index (χ0) is 18.4. The second-order valence-electron chi connectivity index (χ2n) is 5.52. The third kappa shape index (κ3) is 3.95. The van der Waals surface area contributed by atoms with E-state index in [2.05, 4.69) is 9.72 Å². The van der Waals surface area contributed by atoms with Crippen LogP contribution in [0.15, 0.2) is 79.0 Å². The van der Waals surface area contributed by atoms with Crippen LogP contribution in [0.1, 0.15) is 38.1 Å². The number of hydrogen-bond donors (Lipinski definition) is 0.